The minimum absolute atomic E-state index is 0.0528. The van der Waals surface area contributed by atoms with Gasteiger partial charge < -0.3 is 10.2 Å². The first-order valence-corrected chi connectivity index (χ1v) is 6.79. The highest BCUT2D eigenvalue weighted by atomic mass is 16.3. The van der Waals surface area contributed by atoms with E-state index in [0.717, 1.165) is 0 Å². The van der Waals surface area contributed by atoms with E-state index >= 15 is 0 Å². The lowest BCUT2D eigenvalue weighted by atomic mass is 9.75. The molecule has 108 valence electrons. The van der Waals surface area contributed by atoms with E-state index in [2.05, 4.69) is 4.99 Å². The molecule has 0 saturated heterocycles. The number of hydrogen-bond donors (Lipinski definition) is 2. The van der Waals surface area contributed by atoms with E-state index in [1.807, 2.05) is 27.7 Å². The molecular weight excluding hydrogens is 242 g/mol. The molecule has 0 spiro atoms. The molecule has 1 aliphatic carbocycles. The molecule has 0 fully saturated rings. The maximum absolute atomic E-state index is 12.1. The van der Waals surface area contributed by atoms with Gasteiger partial charge in [0, 0.05) is 18.6 Å². The summed E-state index contributed by atoms with van der Waals surface area (Å²) in [6, 6.07) is -0.233. The van der Waals surface area contributed by atoms with Crippen molar-refractivity contribution < 1.29 is 15.0 Å². The van der Waals surface area contributed by atoms with Gasteiger partial charge >= 0.3 is 0 Å². The Balaban J connectivity index is 3.08. The summed E-state index contributed by atoms with van der Waals surface area (Å²) < 4.78 is 0. The Morgan fingerprint density at radius 1 is 1.37 bits per heavy atom. The fourth-order valence-electron chi connectivity index (χ4n) is 2.41. The molecule has 19 heavy (non-hydrogen) atoms. The van der Waals surface area contributed by atoms with Crippen LogP contribution < -0.4 is 0 Å². The van der Waals surface area contributed by atoms with Crippen molar-refractivity contribution in [2.75, 3.05) is 6.61 Å². The summed E-state index contributed by atoms with van der Waals surface area (Å²) in [6.07, 6.45) is 0.914. The van der Waals surface area contributed by atoms with Crippen LogP contribution in [0.4, 0.5) is 0 Å². The molecule has 0 aliphatic heterocycles. The van der Waals surface area contributed by atoms with Crippen LogP contribution in [-0.4, -0.2) is 34.4 Å². The number of ketones is 1. The zero-order valence-corrected chi connectivity index (χ0v) is 12.5. The molecule has 0 radical (unpaired) electrons. The molecule has 0 heterocycles. The average Bonchev–Trinajstić information content (AvgIpc) is 2.22. The van der Waals surface area contributed by atoms with Gasteiger partial charge in [-0.05, 0) is 18.3 Å². The molecule has 1 aliphatic rings. The molecule has 2 N–H and O–H groups in total. The van der Waals surface area contributed by atoms with Crippen LogP contribution in [0, 0.1) is 11.3 Å². The minimum atomic E-state index is -0.233. The number of aliphatic imine (C=N–C) groups is 1. The summed E-state index contributed by atoms with van der Waals surface area (Å²) in [5.41, 5.74) is 0.684. The molecule has 0 aromatic carbocycles. The van der Waals surface area contributed by atoms with Crippen molar-refractivity contribution in [1.29, 1.82) is 0 Å². The summed E-state index contributed by atoms with van der Waals surface area (Å²) in [6.45, 7) is 9.55. The second kappa shape index (κ2) is 5.87. The van der Waals surface area contributed by atoms with E-state index in [-0.39, 0.29) is 35.5 Å². The summed E-state index contributed by atoms with van der Waals surface area (Å²) in [4.78, 5) is 16.5. The quantitative estimate of drug-likeness (QED) is 0.769. The number of aliphatic hydroxyl groups is 2. The molecular formula is C15H25NO3. The zero-order chi connectivity index (χ0) is 14.8. The predicted octanol–water partition coefficient (Wildman–Crippen LogP) is 2.67. The number of carbonyl (C=O) groups excluding carboxylic acids is 1. The molecule has 4 heteroatoms. The van der Waals surface area contributed by atoms with Gasteiger partial charge in [-0.1, -0.05) is 27.7 Å². The third kappa shape index (κ3) is 3.90. The van der Waals surface area contributed by atoms with Gasteiger partial charge in [0.05, 0.1) is 18.2 Å². The maximum atomic E-state index is 12.1. The third-order valence-corrected chi connectivity index (χ3v) is 3.53. The number of nitrogens with zero attached hydrogens (tertiary/aromatic N) is 1. The molecule has 0 aromatic heterocycles. The van der Waals surface area contributed by atoms with Gasteiger partial charge in [0.1, 0.15) is 5.76 Å². The SMILES string of the molecule is CC(=NC(CO)C(C)C)C1=C(O)CC(C)(C)CC1=O. The first-order valence-electron chi connectivity index (χ1n) is 6.79. The van der Waals surface area contributed by atoms with Crippen molar-refractivity contribution in [2.45, 2.75) is 53.5 Å². The number of carbonyl (C=O) groups is 1. The highest BCUT2D eigenvalue weighted by Crippen LogP contribution is 2.36. The predicted molar refractivity (Wildman–Crippen MR) is 76.5 cm³/mol. The summed E-state index contributed by atoms with van der Waals surface area (Å²) in [5.74, 6) is 0.260. The Labute approximate surface area is 115 Å². The molecule has 1 atom stereocenters. The number of allylic oxidation sites excluding steroid dienone is 2. The van der Waals surface area contributed by atoms with E-state index < -0.39 is 0 Å². The Morgan fingerprint density at radius 2 is 1.95 bits per heavy atom. The first kappa shape index (κ1) is 15.9. The van der Waals surface area contributed by atoms with Crippen LogP contribution in [0.25, 0.3) is 0 Å². The smallest absolute Gasteiger partial charge is 0.168 e. The van der Waals surface area contributed by atoms with Gasteiger partial charge in [-0.15, -0.1) is 0 Å². The van der Waals surface area contributed by atoms with Crippen molar-refractivity contribution in [3.8, 4) is 0 Å². The zero-order valence-electron chi connectivity index (χ0n) is 12.5. The van der Waals surface area contributed by atoms with Crippen LogP contribution in [0.3, 0.4) is 0 Å². The van der Waals surface area contributed by atoms with Crippen molar-refractivity contribution in [1.82, 2.24) is 0 Å². The minimum Gasteiger partial charge on any atom is -0.511 e. The van der Waals surface area contributed by atoms with Crippen molar-refractivity contribution in [3.63, 3.8) is 0 Å². The van der Waals surface area contributed by atoms with E-state index in [9.17, 15) is 15.0 Å². The Bertz CT molecular complexity index is 419. The van der Waals surface area contributed by atoms with Crippen molar-refractivity contribution >= 4 is 11.5 Å². The molecule has 0 aromatic rings. The Hall–Kier alpha value is -1.16. The normalized spacial score (nSPS) is 22.1. The monoisotopic (exact) mass is 267 g/mol. The lowest BCUT2D eigenvalue weighted by Gasteiger charge is -2.29. The number of aliphatic hydroxyl groups excluding tert-OH is 2. The van der Waals surface area contributed by atoms with E-state index in [0.29, 0.717) is 24.1 Å². The van der Waals surface area contributed by atoms with Crippen LogP contribution in [0.2, 0.25) is 0 Å². The van der Waals surface area contributed by atoms with Crippen molar-refractivity contribution in [2.24, 2.45) is 16.3 Å². The fraction of sp³-hybridized carbons (Fsp3) is 0.733. The van der Waals surface area contributed by atoms with Gasteiger partial charge in [-0.2, -0.15) is 0 Å². The molecule has 4 nitrogen and oxygen atoms in total. The van der Waals surface area contributed by atoms with Crippen LogP contribution in [-0.2, 0) is 4.79 Å². The van der Waals surface area contributed by atoms with Crippen LogP contribution >= 0.6 is 0 Å². The van der Waals surface area contributed by atoms with Gasteiger partial charge in [0.2, 0.25) is 0 Å². The van der Waals surface area contributed by atoms with Crippen LogP contribution in [0.5, 0.6) is 0 Å². The summed E-state index contributed by atoms with van der Waals surface area (Å²) in [5, 5.41) is 19.4. The Morgan fingerprint density at radius 3 is 2.37 bits per heavy atom. The van der Waals surface area contributed by atoms with E-state index in [1.54, 1.807) is 6.92 Å². The molecule has 1 unspecified atom stereocenters. The third-order valence-electron chi connectivity index (χ3n) is 3.53. The van der Waals surface area contributed by atoms with E-state index in [4.69, 9.17) is 0 Å². The average molecular weight is 267 g/mol. The summed E-state index contributed by atoms with van der Waals surface area (Å²) >= 11 is 0. The largest absolute Gasteiger partial charge is 0.511 e. The maximum Gasteiger partial charge on any atom is 0.168 e. The van der Waals surface area contributed by atoms with Crippen LogP contribution in [0.15, 0.2) is 16.3 Å². The van der Waals surface area contributed by atoms with Gasteiger partial charge in [0.25, 0.3) is 0 Å². The van der Waals surface area contributed by atoms with Crippen LogP contribution in [0.1, 0.15) is 47.5 Å². The second-order valence-corrected chi connectivity index (χ2v) is 6.47. The number of rotatable bonds is 4. The highest BCUT2D eigenvalue weighted by Gasteiger charge is 2.34. The van der Waals surface area contributed by atoms with Gasteiger partial charge in [-0.3, -0.25) is 9.79 Å². The van der Waals surface area contributed by atoms with E-state index in [1.165, 1.54) is 0 Å². The lowest BCUT2D eigenvalue weighted by Crippen LogP contribution is -2.29. The van der Waals surface area contributed by atoms with Gasteiger partial charge in [-0.25, -0.2) is 0 Å². The first-order chi connectivity index (χ1) is 8.68. The highest BCUT2D eigenvalue weighted by molar-refractivity contribution is 6.22. The molecule has 0 bridgehead atoms. The molecule has 1 rings (SSSR count). The fourth-order valence-corrected chi connectivity index (χ4v) is 2.41. The molecule has 0 saturated carbocycles. The molecule has 0 amide bonds. The number of Topliss-reactive ketones (excluding diaryl/α,β-unsaturated/α-hetero) is 1. The standard InChI is InChI=1S/C15H25NO3/c1-9(2)11(8-17)16-10(3)14-12(18)6-15(4,5)7-13(14)19/h9,11,17-18H,6-8H2,1-5H3. The number of hydrogen-bond acceptors (Lipinski definition) is 4. The Kier molecular flexibility index (Phi) is 4.91. The lowest BCUT2D eigenvalue weighted by molar-refractivity contribution is -0.117. The van der Waals surface area contributed by atoms with Gasteiger partial charge in [0.15, 0.2) is 5.78 Å². The second-order valence-electron chi connectivity index (χ2n) is 6.47. The van der Waals surface area contributed by atoms with Crippen molar-refractivity contribution in [3.05, 3.63) is 11.3 Å². The topological polar surface area (TPSA) is 69.9 Å². The summed E-state index contributed by atoms with van der Waals surface area (Å²) in [7, 11) is 0.